The molecule has 0 saturated carbocycles. The van der Waals surface area contributed by atoms with Gasteiger partial charge in [-0.15, -0.1) is 0 Å². The van der Waals surface area contributed by atoms with Crippen LogP contribution >= 0.6 is 0 Å². The van der Waals surface area contributed by atoms with E-state index in [0.717, 1.165) is 0 Å². The van der Waals surface area contributed by atoms with Crippen molar-refractivity contribution in [1.29, 1.82) is 0 Å². The maximum Gasteiger partial charge on any atom is 0.205 e. The number of aryl methyl sites for hydroxylation is 2. The number of Topliss-reactive ketones (excluding diaryl/α,β-unsaturated/α-hetero) is 1. The number of carbonyl (C=O) groups excluding carboxylic acids is 1. The lowest BCUT2D eigenvalue weighted by molar-refractivity contribution is 0.0976. The first-order valence-electron chi connectivity index (χ1n) is 5.09. The van der Waals surface area contributed by atoms with Crippen molar-refractivity contribution in [3.05, 3.63) is 30.4 Å². The van der Waals surface area contributed by atoms with Crippen LogP contribution in [-0.4, -0.2) is 30.1 Å². The predicted octanol–water partition coefficient (Wildman–Crippen LogP) is 0.457. The molecule has 2 rings (SSSR count). The maximum atomic E-state index is 11.9. The standard InChI is InChI=1S/C10H13N5O/c1-3-15-9(12-7-13-15)6-8(16)10-11-4-5-14(10)2/h4-5,7H,3,6H2,1-2H3. The van der Waals surface area contributed by atoms with Crippen LogP contribution in [0.25, 0.3) is 0 Å². The molecule has 0 atom stereocenters. The molecule has 0 aliphatic carbocycles. The van der Waals surface area contributed by atoms with Crippen LogP contribution in [0.15, 0.2) is 18.7 Å². The Kier molecular flexibility index (Phi) is 2.80. The zero-order valence-electron chi connectivity index (χ0n) is 9.29. The number of rotatable bonds is 4. The van der Waals surface area contributed by atoms with E-state index in [1.807, 2.05) is 6.92 Å². The summed E-state index contributed by atoms with van der Waals surface area (Å²) in [6.45, 7) is 2.67. The van der Waals surface area contributed by atoms with Crippen LogP contribution in [-0.2, 0) is 20.0 Å². The van der Waals surface area contributed by atoms with Crippen LogP contribution in [0.4, 0.5) is 0 Å². The summed E-state index contributed by atoms with van der Waals surface area (Å²) >= 11 is 0. The van der Waals surface area contributed by atoms with Gasteiger partial charge in [0.05, 0.1) is 6.42 Å². The van der Waals surface area contributed by atoms with Gasteiger partial charge in [-0.05, 0) is 6.92 Å². The molecule has 2 aromatic rings. The van der Waals surface area contributed by atoms with Gasteiger partial charge in [-0.25, -0.2) is 14.6 Å². The summed E-state index contributed by atoms with van der Waals surface area (Å²) in [6, 6.07) is 0. The van der Waals surface area contributed by atoms with Crippen molar-refractivity contribution in [3.8, 4) is 0 Å². The largest absolute Gasteiger partial charge is 0.332 e. The quantitative estimate of drug-likeness (QED) is 0.700. The fraction of sp³-hybridized carbons (Fsp3) is 0.400. The van der Waals surface area contributed by atoms with Crippen molar-refractivity contribution in [2.24, 2.45) is 7.05 Å². The van der Waals surface area contributed by atoms with Gasteiger partial charge >= 0.3 is 0 Å². The van der Waals surface area contributed by atoms with E-state index in [-0.39, 0.29) is 12.2 Å². The highest BCUT2D eigenvalue weighted by Gasteiger charge is 2.14. The molecule has 0 aliphatic rings. The highest BCUT2D eigenvalue weighted by Crippen LogP contribution is 2.03. The lowest BCUT2D eigenvalue weighted by Gasteiger charge is -2.02. The first-order chi connectivity index (χ1) is 7.72. The lowest BCUT2D eigenvalue weighted by atomic mass is 10.2. The van der Waals surface area contributed by atoms with E-state index >= 15 is 0 Å². The zero-order chi connectivity index (χ0) is 11.5. The van der Waals surface area contributed by atoms with Crippen LogP contribution < -0.4 is 0 Å². The summed E-state index contributed by atoms with van der Waals surface area (Å²) in [6.07, 6.45) is 5.05. The minimum atomic E-state index is -0.0461. The number of aromatic nitrogens is 5. The average molecular weight is 219 g/mol. The smallest absolute Gasteiger partial charge is 0.205 e. The number of ketones is 1. The van der Waals surface area contributed by atoms with Gasteiger partial charge in [-0.1, -0.05) is 0 Å². The van der Waals surface area contributed by atoms with Crippen LogP contribution in [0.1, 0.15) is 23.4 Å². The highest BCUT2D eigenvalue weighted by molar-refractivity contribution is 5.93. The molecule has 0 saturated heterocycles. The van der Waals surface area contributed by atoms with Crippen LogP contribution in [0.2, 0.25) is 0 Å². The Labute approximate surface area is 92.9 Å². The van der Waals surface area contributed by atoms with Crippen molar-refractivity contribution in [2.45, 2.75) is 19.9 Å². The molecular formula is C10H13N5O. The third-order valence-corrected chi connectivity index (χ3v) is 2.38. The van der Waals surface area contributed by atoms with Gasteiger partial charge in [0.15, 0.2) is 5.82 Å². The van der Waals surface area contributed by atoms with Gasteiger partial charge in [0.1, 0.15) is 12.2 Å². The Bertz CT molecular complexity index is 499. The van der Waals surface area contributed by atoms with E-state index in [2.05, 4.69) is 15.1 Å². The van der Waals surface area contributed by atoms with Gasteiger partial charge in [0.2, 0.25) is 5.78 Å². The minimum Gasteiger partial charge on any atom is -0.332 e. The van der Waals surface area contributed by atoms with Gasteiger partial charge in [0.25, 0.3) is 0 Å². The number of hydrogen-bond donors (Lipinski definition) is 0. The molecule has 0 aromatic carbocycles. The summed E-state index contributed by atoms with van der Waals surface area (Å²) < 4.78 is 3.41. The molecule has 0 N–H and O–H groups in total. The van der Waals surface area contributed by atoms with E-state index in [4.69, 9.17) is 0 Å². The van der Waals surface area contributed by atoms with Gasteiger partial charge in [-0.2, -0.15) is 5.10 Å². The number of carbonyl (C=O) groups is 1. The first kappa shape index (κ1) is 10.5. The van der Waals surface area contributed by atoms with E-state index in [1.54, 1.807) is 28.7 Å². The molecule has 0 unspecified atom stereocenters. The van der Waals surface area contributed by atoms with E-state index in [0.29, 0.717) is 18.2 Å². The summed E-state index contributed by atoms with van der Waals surface area (Å²) in [5.74, 6) is 1.08. The van der Waals surface area contributed by atoms with Gasteiger partial charge < -0.3 is 4.57 Å². The molecule has 6 heteroatoms. The molecule has 0 bridgehead atoms. The number of hydrogen-bond acceptors (Lipinski definition) is 4. The van der Waals surface area contributed by atoms with Crippen molar-refractivity contribution in [2.75, 3.05) is 0 Å². The van der Waals surface area contributed by atoms with Crippen molar-refractivity contribution < 1.29 is 4.79 Å². The number of nitrogens with zero attached hydrogens (tertiary/aromatic N) is 5. The predicted molar refractivity (Wildman–Crippen MR) is 56.9 cm³/mol. The monoisotopic (exact) mass is 219 g/mol. The molecular weight excluding hydrogens is 206 g/mol. The van der Waals surface area contributed by atoms with Crippen LogP contribution in [0.5, 0.6) is 0 Å². The molecule has 0 spiro atoms. The maximum absolute atomic E-state index is 11.9. The van der Waals surface area contributed by atoms with Gasteiger partial charge in [0, 0.05) is 26.0 Å². The zero-order valence-corrected chi connectivity index (χ0v) is 9.29. The lowest BCUT2D eigenvalue weighted by Crippen LogP contribution is -2.14. The van der Waals surface area contributed by atoms with E-state index in [9.17, 15) is 4.79 Å². The summed E-state index contributed by atoms with van der Waals surface area (Å²) in [7, 11) is 1.80. The second kappa shape index (κ2) is 4.26. The third-order valence-electron chi connectivity index (χ3n) is 2.38. The fourth-order valence-electron chi connectivity index (χ4n) is 1.55. The normalized spacial score (nSPS) is 10.6. The van der Waals surface area contributed by atoms with E-state index in [1.165, 1.54) is 6.33 Å². The summed E-state index contributed by atoms with van der Waals surface area (Å²) in [5, 5.41) is 4.02. The van der Waals surface area contributed by atoms with E-state index < -0.39 is 0 Å². The molecule has 0 amide bonds. The van der Waals surface area contributed by atoms with Crippen molar-refractivity contribution in [1.82, 2.24) is 24.3 Å². The van der Waals surface area contributed by atoms with Crippen LogP contribution in [0.3, 0.4) is 0 Å². The molecule has 6 nitrogen and oxygen atoms in total. The summed E-state index contributed by atoms with van der Waals surface area (Å²) in [5.41, 5.74) is 0. The molecule has 0 aliphatic heterocycles. The number of imidazole rings is 1. The first-order valence-corrected chi connectivity index (χ1v) is 5.09. The van der Waals surface area contributed by atoms with Crippen molar-refractivity contribution >= 4 is 5.78 Å². The third kappa shape index (κ3) is 1.86. The molecule has 0 radical (unpaired) electrons. The second-order valence-corrected chi connectivity index (χ2v) is 3.45. The summed E-state index contributed by atoms with van der Waals surface area (Å²) in [4.78, 5) is 20.0. The topological polar surface area (TPSA) is 65.6 Å². The average Bonchev–Trinajstić information content (AvgIpc) is 2.86. The molecule has 84 valence electrons. The molecule has 16 heavy (non-hydrogen) atoms. The van der Waals surface area contributed by atoms with Gasteiger partial charge in [-0.3, -0.25) is 4.79 Å². The Balaban J connectivity index is 2.17. The Morgan fingerprint density at radius 2 is 2.25 bits per heavy atom. The minimum absolute atomic E-state index is 0.0461. The molecule has 2 heterocycles. The van der Waals surface area contributed by atoms with Crippen LogP contribution in [0, 0.1) is 0 Å². The molecule has 0 fully saturated rings. The SMILES string of the molecule is CCn1ncnc1CC(=O)c1nccn1C. The Morgan fingerprint density at radius 3 is 2.88 bits per heavy atom. The van der Waals surface area contributed by atoms with Crippen molar-refractivity contribution in [3.63, 3.8) is 0 Å². The fourth-order valence-corrected chi connectivity index (χ4v) is 1.55. The molecule has 2 aromatic heterocycles. The highest BCUT2D eigenvalue weighted by atomic mass is 16.1. The Hall–Kier alpha value is -1.98. The Morgan fingerprint density at radius 1 is 1.44 bits per heavy atom. The second-order valence-electron chi connectivity index (χ2n) is 3.45.